The number of nitrogens with one attached hydrogen (secondary N) is 2. The van der Waals surface area contributed by atoms with E-state index in [0.29, 0.717) is 11.5 Å². The quantitative estimate of drug-likeness (QED) is 0.867. The van der Waals surface area contributed by atoms with Gasteiger partial charge in [-0.15, -0.1) is 0 Å². The molecule has 0 saturated heterocycles. The summed E-state index contributed by atoms with van der Waals surface area (Å²) in [5.74, 6) is 0.257. The van der Waals surface area contributed by atoms with E-state index in [1.165, 1.54) is 18.6 Å². The van der Waals surface area contributed by atoms with E-state index in [0.717, 1.165) is 19.3 Å². The van der Waals surface area contributed by atoms with Gasteiger partial charge in [0.05, 0.1) is 4.90 Å². The Labute approximate surface area is 138 Å². The Morgan fingerprint density at radius 3 is 2.57 bits per heavy atom. The van der Waals surface area contributed by atoms with Gasteiger partial charge in [-0.2, -0.15) is 0 Å². The Morgan fingerprint density at radius 2 is 1.91 bits per heavy atom. The molecule has 1 amide bonds. The first-order valence-corrected chi connectivity index (χ1v) is 9.71. The van der Waals surface area contributed by atoms with Crippen LogP contribution < -0.4 is 10.0 Å². The van der Waals surface area contributed by atoms with E-state index < -0.39 is 10.0 Å². The second kappa shape index (κ2) is 7.45. The van der Waals surface area contributed by atoms with Gasteiger partial charge in [0, 0.05) is 17.6 Å². The zero-order valence-corrected chi connectivity index (χ0v) is 14.8. The van der Waals surface area contributed by atoms with Gasteiger partial charge in [0.25, 0.3) is 5.91 Å². The van der Waals surface area contributed by atoms with Crippen LogP contribution in [0.4, 0.5) is 0 Å². The molecule has 5 nitrogen and oxygen atoms in total. The average molecular weight is 338 g/mol. The van der Waals surface area contributed by atoms with Crippen molar-refractivity contribution in [3.05, 3.63) is 29.8 Å². The SMILES string of the molecule is CC(C)NS(=O)(=O)c1cccc(C(=O)NC2CCCCC2C)c1. The van der Waals surface area contributed by atoms with Gasteiger partial charge < -0.3 is 5.32 Å². The van der Waals surface area contributed by atoms with Gasteiger partial charge in [-0.3, -0.25) is 4.79 Å². The lowest BCUT2D eigenvalue weighted by Crippen LogP contribution is -2.41. The normalized spacial score (nSPS) is 22.1. The summed E-state index contributed by atoms with van der Waals surface area (Å²) in [6.07, 6.45) is 4.45. The van der Waals surface area contributed by atoms with Crippen molar-refractivity contribution < 1.29 is 13.2 Å². The summed E-state index contributed by atoms with van der Waals surface area (Å²) in [5.41, 5.74) is 0.384. The standard InChI is InChI=1S/C17H26N2O3S/c1-12(2)19-23(21,22)15-9-6-8-14(11-15)17(20)18-16-10-5-4-7-13(16)3/h6,8-9,11-13,16,19H,4-5,7,10H2,1-3H3,(H,18,20). The van der Waals surface area contributed by atoms with Gasteiger partial charge in [0.2, 0.25) is 10.0 Å². The fourth-order valence-electron chi connectivity index (χ4n) is 2.97. The van der Waals surface area contributed by atoms with Gasteiger partial charge in [0.1, 0.15) is 0 Å². The van der Waals surface area contributed by atoms with E-state index in [-0.39, 0.29) is 22.9 Å². The highest BCUT2D eigenvalue weighted by atomic mass is 32.2. The summed E-state index contributed by atoms with van der Waals surface area (Å²) in [5, 5.41) is 3.05. The van der Waals surface area contributed by atoms with Crippen LogP contribution in [0.1, 0.15) is 56.8 Å². The number of carbonyl (C=O) groups excluding carboxylic acids is 1. The number of hydrogen-bond donors (Lipinski definition) is 2. The molecule has 2 N–H and O–H groups in total. The van der Waals surface area contributed by atoms with Gasteiger partial charge in [0.15, 0.2) is 0 Å². The molecule has 1 aromatic rings. The highest BCUT2D eigenvalue weighted by Gasteiger charge is 2.24. The molecule has 1 aliphatic carbocycles. The molecule has 2 rings (SSSR count). The maximum absolute atomic E-state index is 12.4. The van der Waals surface area contributed by atoms with Crippen LogP contribution in [0.15, 0.2) is 29.2 Å². The topological polar surface area (TPSA) is 75.3 Å². The molecule has 6 heteroatoms. The van der Waals surface area contributed by atoms with Gasteiger partial charge in [-0.1, -0.05) is 25.8 Å². The lowest BCUT2D eigenvalue weighted by Gasteiger charge is -2.29. The summed E-state index contributed by atoms with van der Waals surface area (Å²) in [4.78, 5) is 12.6. The van der Waals surface area contributed by atoms with E-state index in [1.54, 1.807) is 26.0 Å². The summed E-state index contributed by atoms with van der Waals surface area (Å²) in [6.45, 7) is 5.68. The molecule has 1 aliphatic rings. The predicted octanol–water partition coefficient (Wildman–Crippen LogP) is 2.68. The molecule has 2 unspecified atom stereocenters. The van der Waals surface area contributed by atoms with E-state index in [4.69, 9.17) is 0 Å². The second-order valence-electron chi connectivity index (χ2n) is 6.65. The molecule has 0 radical (unpaired) electrons. The summed E-state index contributed by atoms with van der Waals surface area (Å²) in [7, 11) is -3.59. The lowest BCUT2D eigenvalue weighted by molar-refractivity contribution is 0.0910. The largest absolute Gasteiger partial charge is 0.349 e. The fraction of sp³-hybridized carbons (Fsp3) is 0.588. The van der Waals surface area contributed by atoms with Crippen molar-refractivity contribution in [2.24, 2.45) is 5.92 Å². The van der Waals surface area contributed by atoms with Crippen LogP contribution in [0.25, 0.3) is 0 Å². The molecule has 1 fully saturated rings. The van der Waals surface area contributed by atoms with Crippen LogP contribution in [0, 0.1) is 5.92 Å². The molecule has 1 aromatic carbocycles. The number of carbonyl (C=O) groups is 1. The summed E-state index contributed by atoms with van der Waals surface area (Å²) >= 11 is 0. The smallest absolute Gasteiger partial charge is 0.251 e. The van der Waals surface area contributed by atoms with Crippen LogP contribution in [-0.2, 0) is 10.0 Å². The maximum Gasteiger partial charge on any atom is 0.251 e. The molecule has 0 aromatic heterocycles. The number of amides is 1. The first-order valence-electron chi connectivity index (χ1n) is 8.23. The summed E-state index contributed by atoms with van der Waals surface area (Å²) in [6, 6.07) is 6.18. The Morgan fingerprint density at radius 1 is 1.22 bits per heavy atom. The minimum absolute atomic E-state index is 0.121. The fourth-order valence-corrected chi connectivity index (χ4v) is 4.26. The minimum Gasteiger partial charge on any atom is -0.349 e. The zero-order valence-electron chi connectivity index (χ0n) is 14.0. The maximum atomic E-state index is 12.4. The third-order valence-corrected chi connectivity index (χ3v) is 5.88. The highest BCUT2D eigenvalue weighted by Crippen LogP contribution is 2.24. The second-order valence-corrected chi connectivity index (χ2v) is 8.36. The number of hydrogen-bond acceptors (Lipinski definition) is 3. The number of rotatable bonds is 5. The molecular formula is C17H26N2O3S. The molecule has 0 spiro atoms. The van der Waals surface area contributed by atoms with E-state index in [1.807, 2.05) is 0 Å². The van der Waals surface area contributed by atoms with Crippen LogP contribution in [0.2, 0.25) is 0 Å². The van der Waals surface area contributed by atoms with Crippen LogP contribution in [0.5, 0.6) is 0 Å². The number of benzene rings is 1. The molecule has 0 aliphatic heterocycles. The third kappa shape index (κ3) is 4.78. The molecule has 1 saturated carbocycles. The first kappa shape index (κ1) is 17.9. The molecular weight excluding hydrogens is 312 g/mol. The number of sulfonamides is 1. The van der Waals surface area contributed by atoms with Crippen molar-refractivity contribution in [2.75, 3.05) is 0 Å². The van der Waals surface area contributed by atoms with Gasteiger partial charge in [-0.25, -0.2) is 13.1 Å². The van der Waals surface area contributed by atoms with Crippen molar-refractivity contribution >= 4 is 15.9 Å². The van der Waals surface area contributed by atoms with E-state index in [2.05, 4.69) is 17.0 Å². The van der Waals surface area contributed by atoms with Gasteiger partial charge in [-0.05, 0) is 50.8 Å². The van der Waals surface area contributed by atoms with Crippen molar-refractivity contribution in [2.45, 2.75) is 63.4 Å². The minimum atomic E-state index is -3.59. The summed E-state index contributed by atoms with van der Waals surface area (Å²) < 4.78 is 27.0. The van der Waals surface area contributed by atoms with Crippen molar-refractivity contribution in [1.82, 2.24) is 10.0 Å². The van der Waals surface area contributed by atoms with E-state index >= 15 is 0 Å². The van der Waals surface area contributed by atoms with Crippen LogP contribution in [-0.4, -0.2) is 26.4 Å². The lowest BCUT2D eigenvalue weighted by atomic mass is 9.86. The molecule has 0 heterocycles. The third-order valence-electron chi connectivity index (χ3n) is 4.23. The Hall–Kier alpha value is -1.40. The Balaban J connectivity index is 2.14. The first-order chi connectivity index (χ1) is 10.8. The Kier molecular flexibility index (Phi) is 5.81. The van der Waals surface area contributed by atoms with E-state index in [9.17, 15) is 13.2 Å². The van der Waals surface area contributed by atoms with Crippen molar-refractivity contribution in [1.29, 1.82) is 0 Å². The van der Waals surface area contributed by atoms with Crippen molar-refractivity contribution in [3.8, 4) is 0 Å². The van der Waals surface area contributed by atoms with Gasteiger partial charge >= 0.3 is 0 Å². The predicted molar refractivity (Wildman–Crippen MR) is 90.8 cm³/mol. The van der Waals surface area contributed by atoms with Crippen molar-refractivity contribution in [3.63, 3.8) is 0 Å². The highest BCUT2D eigenvalue weighted by molar-refractivity contribution is 7.89. The zero-order chi connectivity index (χ0) is 17.0. The molecule has 128 valence electrons. The molecule has 0 bridgehead atoms. The Bertz CT molecular complexity index is 656. The monoisotopic (exact) mass is 338 g/mol. The molecule has 2 atom stereocenters. The van der Waals surface area contributed by atoms with Crippen LogP contribution >= 0.6 is 0 Å². The van der Waals surface area contributed by atoms with Crippen LogP contribution in [0.3, 0.4) is 0 Å². The average Bonchev–Trinajstić information content (AvgIpc) is 2.48. The molecule has 23 heavy (non-hydrogen) atoms.